The van der Waals surface area contributed by atoms with Gasteiger partial charge >= 0.3 is 12.1 Å². The van der Waals surface area contributed by atoms with E-state index in [0.29, 0.717) is 5.56 Å². The standard InChI is InChI=1S/C10H11NO5/c12-7-3-1-6(2-4-7)5-8(9(13)14)11-10(15)16/h1-4,8,11-12H,5H2,(H,13,14)(H,15,16)/t8-/m0/s1. The van der Waals surface area contributed by atoms with E-state index in [-0.39, 0.29) is 12.2 Å². The van der Waals surface area contributed by atoms with E-state index < -0.39 is 18.1 Å². The van der Waals surface area contributed by atoms with E-state index in [9.17, 15) is 9.59 Å². The third-order valence-electron chi connectivity index (χ3n) is 1.97. The Balaban J connectivity index is 2.71. The SMILES string of the molecule is O=C(O)N[C@@H](Cc1ccc(O)cc1)C(=O)O. The molecule has 16 heavy (non-hydrogen) atoms. The first-order valence-corrected chi connectivity index (χ1v) is 4.49. The van der Waals surface area contributed by atoms with E-state index in [1.165, 1.54) is 24.3 Å². The summed E-state index contributed by atoms with van der Waals surface area (Å²) in [7, 11) is 0. The monoisotopic (exact) mass is 225 g/mol. The van der Waals surface area contributed by atoms with Crippen LogP contribution in [0.3, 0.4) is 0 Å². The summed E-state index contributed by atoms with van der Waals surface area (Å²) in [5.41, 5.74) is 0.624. The fraction of sp³-hybridized carbons (Fsp3) is 0.200. The lowest BCUT2D eigenvalue weighted by atomic mass is 10.1. The van der Waals surface area contributed by atoms with Crippen molar-refractivity contribution in [2.24, 2.45) is 0 Å². The number of carboxylic acids is 1. The molecular weight excluding hydrogens is 214 g/mol. The molecule has 0 unspecified atom stereocenters. The van der Waals surface area contributed by atoms with E-state index >= 15 is 0 Å². The zero-order chi connectivity index (χ0) is 12.1. The lowest BCUT2D eigenvalue weighted by Crippen LogP contribution is -2.41. The van der Waals surface area contributed by atoms with Crippen LogP contribution in [0.15, 0.2) is 24.3 Å². The molecule has 1 aromatic carbocycles. The van der Waals surface area contributed by atoms with Crippen LogP contribution in [0.2, 0.25) is 0 Å². The number of phenolic OH excluding ortho intramolecular Hbond substituents is 1. The van der Waals surface area contributed by atoms with Crippen LogP contribution in [0.25, 0.3) is 0 Å². The molecule has 0 saturated heterocycles. The number of hydrogen-bond acceptors (Lipinski definition) is 3. The van der Waals surface area contributed by atoms with Crippen molar-refractivity contribution in [3.63, 3.8) is 0 Å². The third-order valence-corrected chi connectivity index (χ3v) is 1.97. The highest BCUT2D eigenvalue weighted by Crippen LogP contribution is 2.11. The summed E-state index contributed by atoms with van der Waals surface area (Å²) in [5, 5.41) is 28.1. The molecule has 1 rings (SSSR count). The number of benzene rings is 1. The first-order valence-electron chi connectivity index (χ1n) is 4.49. The van der Waals surface area contributed by atoms with Crippen LogP contribution in [0.4, 0.5) is 4.79 Å². The fourth-order valence-electron chi connectivity index (χ4n) is 1.22. The number of carbonyl (C=O) groups is 2. The fourth-order valence-corrected chi connectivity index (χ4v) is 1.22. The third kappa shape index (κ3) is 3.49. The Bertz CT molecular complexity index is 387. The number of rotatable bonds is 4. The first kappa shape index (κ1) is 11.8. The Labute approximate surface area is 91.1 Å². The van der Waals surface area contributed by atoms with E-state index in [1.54, 1.807) is 0 Å². The van der Waals surface area contributed by atoms with Crippen LogP contribution in [0.1, 0.15) is 5.56 Å². The van der Waals surface area contributed by atoms with Crippen molar-refractivity contribution in [3.8, 4) is 5.75 Å². The summed E-state index contributed by atoms with van der Waals surface area (Å²) in [4.78, 5) is 21.1. The first-order chi connectivity index (χ1) is 7.49. The summed E-state index contributed by atoms with van der Waals surface area (Å²) < 4.78 is 0. The molecular formula is C10H11NO5. The number of aliphatic carboxylic acids is 1. The quantitative estimate of drug-likeness (QED) is 0.602. The van der Waals surface area contributed by atoms with Gasteiger partial charge in [0.25, 0.3) is 0 Å². The highest BCUT2D eigenvalue weighted by Gasteiger charge is 2.19. The molecule has 86 valence electrons. The maximum atomic E-state index is 10.7. The Hall–Kier alpha value is -2.24. The molecule has 0 aliphatic rings. The zero-order valence-electron chi connectivity index (χ0n) is 8.25. The maximum absolute atomic E-state index is 10.7. The number of carboxylic acid groups (broad SMARTS) is 2. The van der Waals surface area contributed by atoms with Gasteiger partial charge in [0.1, 0.15) is 11.8 Å². The number of hydrogen-bond donors (Lipinski definition) is 4. The summed E-state index contributed by atoms with van der Waals surface area (Å²) in [6.07, 6.45) is -1.35. The maximum Gasteiger partial charge on any atom is 0.405 e. The molecule has 0 radical (unpaired) electrons. The van der Waals surface area contributed by atoms with Gasteiger partial charge < -0.3 is 20.6 Å². The van der Waals surface area contributed by atoms with Crippen LogP contribution in [0.5, 0.6) is 5.75 Å². The van der Waals surface area contributed by atoms with Crippen LogP contribution in [-0.2, 0) is 11.2 Å². The summed E-state index contributed by atoms with van der Waals surface area (Å²) >= 11 is 0. The minimum absolute atomic E-state index is 0.0297. The van der Waals surface area contributed by atoms with Gasteiger partial charge in [-0.05, 0) is 17.7 Å². The van der Waals surface area contributed by atoms with Crippen molar-refractivity contribution in [1.82, 2.24) is 5.32 Å². The van der Waals surface area contributed by atoms with Gasteiger partial charge in [-0.3, -0.25) is 0 Å². The van der Waals surface area contributed by atoms with Gasteiger partial charge in [-0.15, -0.1) is 0 Å². The molecule has 0 heterocycles. The van der Waals surface area contributed by atoms with Crippen molar-refractivity contribution in [3.05, 3.63) is 29.8 Å². The molecule has 0 fully saturated rings. The van der Waals surface area contributed by atoms with Gasteiger partial charge in [0.05, 0.1) is 0 Å². The van der Waals surface area contributed by atoms with Crippen molar-refractivity contribution >= 4 is 12.1 Å². The average molecular weight is 225 g/mol. The Morgan fingerprint density at radius 3 is 2.19 bits per heavy atom. The summed E-state index contributed by atoms with van der Waals surface area (Å²) in [5.74, 6) is -1.17. The van der Waals surface area contributed by atoms with Gasteiger partial charge in [0, 0.05) is 6.42 Å². The van der Waals surface area contributed by atoms with Crippen molar-refractivity contribution in [2.75, 3.05) is 0 Å². The molecule has 1 atom stereocenters. The Morgan fingerprint density at radius 1 is 1.19 bits per heavy atom. The predicted molar refractivity (Wildman–Crippen MR) is 54.4 cm³/mol. The topological polar surface area (TPSA) is 107 Å². The normalized spacial score (nSPS) is 11.8. The molecule has 0 spiro atoms. The van der Waals surface area contributed by atoms with E-state index in [2.05, 4.69) is 0 Å². The molecule has 4 N–H and O–H groups in total. The molecule has 0 bridgehead atoms. The highest BCUT2D eigenvalue weighted by molar-refractivity contribution is 5.79. The van der Waals surface area contributed by atoms with E-state index in [0.717, 1.165) is 0 Å². The van der Waals surface area contributed by atoms with Gasteiger partial charge in [0.2, 0.25) is 0 Å². The van der Waals surface area contributed by atoms with Crippen LogP contribution in [0, 0.1) is 0 Å². The smallest absolute Gasteiger partial charge is 0.405 e. The Morgan fingerprint density at radius 2 is 1.75 bits per heavy atom. The second kappa shape index (κ2) is 5.01. The van der Waals surface area contributed by atoms with Crippen LogP contribution < -0.4 is 5.32 Å². The lowest BCUT2D eigenvalue weighted by Gasteiger charge is -2.11. The molecule has 0 aliphatic carbocycles. The van der Waals surface area contributed by atoms with Crippen molar-refractivity contribution < 1.29 is 24.9 Å². The highest BCUT2D eigenvalue weighted by atomic mass is 16.4. The minimum atomic E-state index is -1.38. The van der Waals surface area contributed by atoms with Gasteiger partial charge in [0.15, 0.2) is 0 Å². The van der Waals surface area contributed by atoms with Crippen LogP contribution >= 0.6 is 0 Å². The molecule has 6 heteroatoms. The molecule has 6 nitrogen and oxygen atoms in total. The lowest BCUT2D eigenvalue weighted by molar-refractivity contribution is -0.139. The van der Waals surface area contributed by atoms with E-state index in [1.807, 2.05) is 5.32 Å². The largest absolute Gasteiger partial charge is 0.508 e. The van der Waals surface area contributed by atoms with Crippen molar-refractivity contribution in [2.45, 2.75) is 12.5 Å². The van der Waals surface area contributed by atoms with Gasteiger partial charge in [-0.2, -0.15) is 0 Å². The molecule has 1 amide bonds. The van der Waals surface area contributed by atoms with E-state index in [4.69, 9.17) is 15.3 Å². The van der Waals surface area contributed by atoms with Gasteiger partial charge in [-0.25, -0.2) is 9.59 Å². The van der Waals surface area contributed by atoms with Gasteiger partial charge in [-0.1, -0.05) is 12.1 Å². The van der Waals surface area contributed by atoms with Crippen molar-refractivity contribution in [1.29, 1.82) is 0 Å². The second-order valence-corrected chi connectivity index (χ2v) is 3.21. The molecule has 1 aromatic rings. The Kier molecular flexibility index (Phi) is 3.71. The number of nitrogens with one attached hydrogen (secondary N) is 1. The summed E-state index contributed by atoms with van der Waals surface area (Å²) in [6, 6.07) is 4.70. The number of phenols is 1. The average Bonchev–Trinajstić information content (AvgIpc) is 2.19. The zero-order valence-corrected chi connectivity index (χ0v) is 8.25. The predicted octanol–water partition coefficient (Wildman–Crippen LogP) is 0.655. The summed E-state index contributed by atoms with van der Waals surface area (Å²) in [6.45, 7) is 0. The number of amides is 1. The molecule has 0 saturated carbocycles. The van der Waals surface area contributed by atoms with Crippen LogP contribution in [-0.4, -0.2) is 33.4 Å². The molecule has 0 aromatic heterocycles. The number of aromatic hydroxyl groups is 1. The molecule has 0 aliphatic heterocycles. The second-order valence-electron chi connectivity index (χ2n) is 3.21. The minimum Gasteiger partial charge on any atom is -0.508 e.